The fraction of sp³-hybridized carbons (Fsp3) is 0.154. The number of pyridine rings is 1. The van der Waals surface area contributed by atoms with Crippen LogP contribution < -0.4 is 14.8 Å². The molecule has 0 radical (unpaired) electrons. The maximum atomic E-state index is 5.32. The van der Waals surface area contributed by atoms with Crippen molar-refractivity contribution in [3.8, 4) is 11.5 Å². The van der Waals surface area contributed by atoms with Gasteiger partial charge in [0, 0.05) is 16.7 Å². The summed E-state index contributed by atoms with van der Waals surface area (Å²) in [5, 5.41) is 3.24. The molecule has 2 rings (SSSR count). The lowest BCUT2D eigenvalue weighted by Gasteiger charge is -2.12. The highest BCUT2D eigenvalue weighted by Crippen LogP contribution is 2.31. The van der Waals surface area contributed by atoms with Crippen molar-refractivity contribution in [2.24, 2.45) is 0 Å². The third-order valence-electron chi connectivity index (χ3n) is 2.39. The Balaban J connectivity index is 2.28. The second-order valence-corrected chi connectivity index (χ2v) is 4.50. The Hall–Kier alpha value is -1.75. The van der Waals surface area contributed by atoms with Crippen molar-refractivity contribution in [3.63, 3.8) is 0 Å². The van der Waals surface area contributed by atoms with Crippen molar-refractivity contribution in [2.75, 3.05) is 19.5 Å². The average Bonchev–Trinajstić information content (AvgIpc) is 2.39. The molecular weight excluding hydrogens is 296 g/mol. The van der Waals surface area contributed by atoms with Crippen LogP contribution in [0, 0.1) is 0 Å². The van der Waals surface area contributed by atoms with Crippen molar-refractivity contribution in [1.82, 2.24) is 4.98 Å². The third kappa shape index (κ3) is 2.92. The molecule has 0 spiro atoms. The lowest BCUT2D eigenvalue weighted by molar-refractivity contribution is 0.395. The van der Waals surface area contributed by atoms with Crippen molar-refractivity contribution in [3.05, 3.63) is 41.1 Å². The van der Waals surface area contributed by atoms with Crippen molar-refractivity contribution < 1.29 is 9.47 Å². The molecule has 4 nitrogen and oxygen atoms in total. The van der Waals surface area contributed by atoms with Crippen LogP contribution in [0.25, 0.3) is 0 Å². The normalized spacial score (nSPS) is 9.94. The molecule has 0 aliphatic heterocycles. The number of benzene rings is 1. The third-order valence-corrected chi connectivity index (χ3v) is 2.83. The molecule has 1 heterocycles. The number of ether oxygens (including phenoxy) is 2. The highest BCUT2D eigenvalue weighted by atomic mass is 79.9. The van der Waals surface area contributed by atoms with E-state index in [0.29, 0.717) is 5.75 Å². The van der Waals surface area contributed by atoms with Gasteiger partial charge in [0.15, 0.2) is 0 Å². The number of hydrogen-bond acceptors (Lipinski definition) is 4. The number of hydrogen-bond donors (Lipinski definition) is 1. The van der Waals surface area contributed by atoms with Crippen LogP contribution >= 0.6 is 15.9 Å². The largest absolute Gasteiger partial charge is 0.497 e. The molecular formula is C13H13BrN2O2. The summed E-state index contributed by atoms with van der Waals surface area (Å²) in [6, 6.07) is 7.54. The van der Waals surface area contributed by atoms with Crippen LogP contribution in [0.15, 0.2) is 41.1 Å². The van der Waals surface area contributed by atoms with Gasteiger partial charge in [-0.25, -0.2) is 0 Å². The van der Waals surface area contributed by atoms with Crippen molar-refractivity contribution in [1.29, 1.82) is 0 Å². The summed E-state index contributed by atoms with van der Waals surface area (Å²) < 4.78 is 11.4. The van der Waals surface area contributed by atoms with E-state index in [1.54, 1.807) is 26.6 Å². The molecule has 0 amide bonds. The maximum absolute atomic E-state index is 5.32. The molecule has 1 aromatic carbocycles. The van der Waals surface area contributed by atoms with Gasteiger partial charge < -0.3 is 14.8 Å². The molecule has 0 aliphatic carbocycles. The van der Waals surface area contributed by atoms with Crippen molar-refractivity contribution in [2.45, 2.75) is 0 Å². The molecule has 18 heavy (non-hydrogen) atoms. The Bertz CT molecular complexity index is 546. The van der Waals surface area contributed by atoms with Gasteiger partial charge in [0.1, 0.15) is 11.5 Å². The van der Waals surface area contributed by atoms with Gasteiger partial charge in [-0.2, -0.15) is 0 Å². The van der Waals surface area contributed by atoms with E-state index in [-0.39, 0.29) is 0 Å². The second kappa shape index (κ2) is 5.73. The van der Waals surface area contributed by atoms with Gasteiger partial charge >= 0.3 is 0 Å². The van der Waals surface area contributed by atoms with Gasteiger partial charge in [0.2, 0.25) is 0 Å². The van der Waals surface area contributed by atoms with E-state index in [2.05, 4.69) is 26.2 Å². The summed E-state index contributed by atoms with van der Waals surface area (Å²) in [4.78, 5) is 4.09. The molecule has 0 saturated heterocycles. The summed E-state index contributed by atoms with van der Waals surface area (Å²) in [7, 11) is 3.25. The van der Waals surface area contributed by atoms with Gasteiger partial charge in [-0.05, 0) is 34.1 Å². The first-order chi connectivity index (χ1) is 8.72. The van der Waals surface area contributed by atoms with Crippen LogP contribution in [0.5, 0.6) is 11.5 Å². The Morgan fingerprint density at radius 3 is 2.61 bits per heavy atom. The predicted molar refractivity (Wildman–Crippen MR) is 74.8 cm³/mol. The molecule has 1 aromatic heterocycles. The van der Waals surface area contributed by atoms with Crippen LogP contribution in [-0.2, 0) is 0 Å². The van der Waals surface area contributed by atoms with Crippen LogP contribution in [0.4, 0.5) is 11.4 Å². The van der Waals surface area contributed by atoms with Gasteiger partial charge in [-0.3, -0.25) is 4.98 Å². The molecule has 2 aromatic rings. The molecule has 5 heteroatoms. The maximum Gasteiger partial charge on any atom is 0.145 e. The SMILES string of the molecule is COc1ccc(Nc2cncc(Br)c2)c(OC)c1. The fourth-order valence-electron chi connectivity index (χ4n) is 1.54. The minimum Gasteiger partial charge on any atom is -0.497 e. The first-order valence-electron chi connectivity index (χ1n) is 5.32. The van der Waals surface area contributed by atoms with Crippen molar-refractivity contribution >= 4 is 27.3 Å². The number of nitrogens with zero attached hydrogens (tertiary/aromatic N) is 1. The summed E-state index contributed by atoms with van der Waals surface area (Å²) in [6.45, 7) is 0. The van der Waals surface area contributed by atoms with Gasteiger partial charge in [0.25, 0.3) is 0 Å². The Kier molecular flexibility index (Phi) is 4.04. The molecule has 0 unspecified atom stereocenters. The minimum atomic E-state index is 0.717. The molecule has 94 valence electrons. The van der Waals surface area contributed by atoms with Gasteiger partial charge in [0.05, 0.1) is 31.8 Å². The topological polar surface area (TPSA) is 43.4 Å². The number of rotatable bonds is 4. The first kappa shape index (κ1) is 12.7. The van der Waals surface area contributed by atoms with Crippen LogP contribution in [0.1, 0.15) is 0 Å². The lowest BCUT2D eigenvalue weighted by atomic mass is 10.2. The van der Waals surface area contributed by atoms with E-state index in [0.717, 1.165) is 21.6 Å². The number of methoxy groups -OCH3 is 2. The summed E-state index contributed by atoms with van der Waals surface area (Å²) >= 11 is 3.38. The van der Waals surface area contributed by atoms with E-state index in [4.69, 9.17) is 9.47 Å². The summed E-state index contributed by atoms with van der Waals surface area (Å²) in [5.41, 5.74) is 1.74. The van der Waals surface area contributed by atoms with E-state index in [1.807, 2.05) is 24.3 Å². The summed E-state index contributed by atoms with van der Waals surface area (Å²) in [5.74, 6) is 1.47. The minimum absolute atomic E-state index is 0.717. The average molecular weight is 309 g/mol. The lowest BCUT2D eigenvalue weighted by Crippen LogP contribution is -1.96. The molecule has 0 saturated carbocycles. The zero-order chi connectivity index (χ0) is 13.0. The zero-order valence-electron chi connectivity index (χ0n) is 10.1. The van der Waals surface area contributed by atoms with Gasteiger partial charge in [-0.15, -0.1) is 0 Å². The summed E-state index contributed by atoms with van der Waals surface area (Å²) in [6.07, 6.45) is 3.48. The number of anilines is 2. The molecule has 1 N–H and O–H groups in total. The number of halogens is 1. The van der Waals surface area contributed by atoms with Crippen LogP contribution in [-0.4, -0.2) is 19.2 Å². The standard InChI is InChI=1S/C13H13BrN2O2/c1-17-11-3-4-12(13(6-11)18-2)16-10-5-9(14)7-15-8-10/h3-8,16H,1-2H3. The quantitative estimate of drug-likeness (QED) is 0.937. The smallest absolute Gasteiger partial charge is 0.145 e. The van der Waals surface area contributed by atoms with Crippen LogP contribution in [0.2, 0.25) is 0 Å². The van der Waals surface area contributed by atoms with E-state index >= 15 is 0 Å². The predicted octanol–water partition coefficient (Wildman–Crippen LogP) is 3.60. The zero-order valence-corrected chi connectivity index (χ0v) is 11.7. The van der Waals surface area contributed by atoms with E-state index in [9.17, 15) is 0 Å². The van der Waals surface area contributed by atoms with E-state index in [1.165, 1.54) is 0 Å². The first-order valence-corrected chi connectivity index (χ1v) is 6.12. The number of nitrogens with one attached hydrogen (secondary N) is 1. The molecule has 0 atom stereocenters. The number of aromatic nitrogens is 1. The molecule has 0 bridgehead atoms. The molecule has 0 aliphatic rings. The highest BCUT2D eigenvalue weighted by Gasteiger charge is 2.05. The Morgan fingerprint density at radius 2 is 1.94 bits per heavy atom. The monoisotopic (exact) mass is 308 g/mol. The van der Waals surface area contributed by atoms with Gasteiger partial charge in [-0.1, -0.05) is 0 Å². The highest BCUT2D eigenvalue weighted by molar-refractivity contribution is 9.10. The van der Waals surface area contributed by atoms with Crippen LogP contribution in [0.3, 0.4) is 0 Å². The van der Waals surface area contributed by atoms with E-state index < -0.39 is 0 Å². The Labute approximate surface area is 114 Å². The Morgan fingerprint density at radius 1 is 1.11 bits per heavy atom. The molecule has 0 fully saturated rings. The second-order valence-electron chi connectivity index (χ2n) is 3.58. The fourth-order valence-corrected chi connectivity index (χ4v) is 1.90.